The van der Waals surface area contributed by atoms with Gasteiger partial charge in [-0.05, 0) is 47.7 Å². The van der Waals surface area contributed by atoms with Gasteiger partial charge in [0.25, 0.3) is 0 Å². The number of anilines is 1. The molecule has 1 saturated heterocycles. The van der Waals surface area contributed by atoms with Gasteiger partial charge >= 0.3 is 5.97 Å². The molecule has 3 N–H and O–H groups in total. The van der Waals surface area contributed by atoms with Crippen molar-refractivity contribution in [1.82, 2.24) is 10.3 Å². The van der Waals surface area contributed by atoms with E-state index in [0.717, 1.165) is 46.2 Å². The van der Waals surface area contributed by atoms with E-state index in [2.05, 4.69) is 45.5 Å². The van der Waals surface area contributed by atoms with Crippen molar-refractivity contribution in [2.45, 2.75) is 31.7 Å². The summed E-state index contributed by atoms with van der Waals surface area (Å²) in [5.41, 5.74) is 5.74. The van der Waals surface area contributed by atoms with Gasteiger partial charge < -0.3 is 20.3 Å². The number of benzene rings is 3. The number of aromatic nitrogens is 1. The minimum absolute atomic E-state index is 0.0565. The summed E-state index contributed by atoms with van der Waals surface area (Å²) in [7, 11) is 0. The normalized spacial score (nSPS) is 14.2. The van der Waals surface area contributed by atoms with E-state index < -0.39 is 5.97 Å². The van der Waals surface area contributed by atoms with Crippen LogP contribution in [-0.4, -0.2) is 35.1 Å². The molecule has 0 bridgehead atoms. The third-order valence-corrected chi connectivity index (χ3v) is 6.67. The van der Waals surface area contributed by atoms with Crippen molar-refractivity contribution >= 4 is 28.5 Å². The van der Waals surface area contributed by atoms with Crippen molar-refractivity contribution in [2.75, 3.05) is 18.0 Å². The molecule has 1 fully saturated rings. The lowest BCUT2D eigenvalue weighted by Crippen LogP contribution is -2.32. The van der Waals surface area contributed by atoms with E-state index in [1.807, 2.05) is 42.5 Å². The van der Waals surface area contributed by atoms with Crippen molar-refractivity contribution in [3.63, 3.8) is 0 Å². The minimum Gasteiger partial charge on any atom is -0.481 e. The highest BCUT2D eigenvalue weighted by atomic mass is 16.4. The first-order chi connectivity index (χ1) is 17.1. The third-order valence-electron chi connectivity index (χ3n) is 6.67. The summed E-state index contributed by atoms with van der Waals surface area (Å²) in [6, 6.07) is 23.9. The quantitative estimate of drug-likeness (QED) is 0.346. The molecule has 1 aliphatic rings. The molecule has 178 valence electrons. The van der Waals surface area contributed by atoms with E-state index in [4.69, 9.17) is 0 Å². The van der Waals surface area contributed by atoms with E-state index in [1.165, 1.54) is 18.5 Å². The number of hydrogen-bond acceptors (Lipinski definition) is 3. The number of carbonyl (C=O) groups is 2. The van der Waals surface area contributed by atoms with Gasteiger partial charge in [-0.3, -0.25) is 9.59 Å². The molecule has 0 aliphatic carbocycles. The van der Waals surface area contributed by atoms with E-state index >= 15 is 0 Å². The van der Waals surface area contributed by atoms with Crippen LogP contribution in [0.5, 0.6) is 0 Å². The fourth-order valence-electron chi connectivity index (χ4n) is 5.01. The molecular formula is C29H29N3O3. The monoisotopic (exact) mass is 467 g/mol. The molecule has 3 aromatic carbocycles. The zero-order valence-electron chi connectivity index (χ0n) is 19.5. The Kier molecular flexibility index (Phi) is 6.53. The van der Waals surface area contributed by atoms with E-state index in [-0.39, 0.29) is 24.8 Å². The van der Waals surface area contributed by atoms with Crippen molar-refractivity contribution in [1.29, 1.82) is 0 Å². The molecule has 6 heteroatoms. The molecule has 2 heterocycles. The van der Waals surface area contributed by atoms with Crippen LogP contribution in [0.2, 0.25) is 0 Å². The number of amides is 1. The van der Waals surface area contributed by atoms with Crippen molar-refractivity contribution in [2.24, 2.45) is 0 Å². The number of fused-ring (bicyclic) bond motifs is 1. The van der Waals surface area contributed by atoms with Crippen LogP contribution < -0.4 is 10.2 Å². The van der Waals surface area contributed by atoms with Crippen LogP contribution in [-0.2, 0) is 22.4 Å². The number of carboxylic acid groups (broad SMARTS) is 1. The predicted molar refractivity (Wildman–Crippen MR) is 138 cm³/mol. The molecule has 35 heavy (non-hydrogen) atoms. The number of aliphatic carboxylic acids is 1. The lowest BCUT2D eigenvalue weighted by molar-refractivity contribution is -0.136. The van der Waals surface area contributed by atoms with Crippen LogP contribution in [0.3, 0.4) is 0 Å². The van der Waals surface area contributed by atoms with Gasteiger partial charge in [0.2, 0.25) is 5.91 Å². The second-order valence-electron chi connectivity index (χ2n) is 9.11. The van der Waals surface area contributed by atoms with Gasteiger partial charge in [-0.25, -0.2) is 0 Å². The summed E-state index contributed by atoms with van der Waals surface area (Å²) in [6.45, 7) is 2.06. The van der Waals surface area contributed by atoms with Crippen LogP contribution in [0.15, 0.2) is 79.0 Å². The third kappa shape index (κ3) is 5.06. The SMILES string of the molecule is O=C(O)Cc1c[nH]c2ccc(CC(=O)NC(c3ccccc3)c3ccccc3N3CCCC3)cc12. The van der Waals surface area contributed by atoms with Gasteiger partial charge in [-0.15, -0.1) is 0 Å². The van der Waals surface area contributed by atoms with Crippen LogP contribution in [0.4, 0.5) is 5.69 Å². The number of aromatic amines is 1. The number of carboxylic acids is 1. The number of carbonyl (C=O) groups excluding carboxylic acids is 1. The standard InChI is InChI=1S/C29H29N3O3/c33-27(17-20-12-13-25-24(16-20)22(19-30-25)18-28(34)35)31-29(21-8-2-1-3-9-21)23-10-4-5-11-26(23)32-14-6-7-15-32/h1-5,8-13,16,19,29-30H,6-7,14-15,17-18H2,(H,31,33)(H,34,35). The molecule has 0 saturated carbocycles. The zero-order valence-corrected chi connectivity index (χ0v) is 19.5. The molecule has 6 nitrogen and oxygen atoms in total. The van der Waals surface area contributed by atoms with Crippen LogP contribution in [0.1, 0.15) is 41.1 Å². The van der Waals surface area contributed by atoms with Crippen LogP contribution in [0, 0.1) is 0 Å². The fourth-order valence-corrected chi connectivity index (χ4v) is 5.01. The molecule has 0 spiro atoms. The maximum Gasteiger partial charge on any atom is 0.307 e. The summed E-state index contributed by atoms with van der Waals surface area (Å²) in [6.07, 6.45) is 4.25. The second kappa shape index (κ2) is 10.1. The summed E-state index contributed by atoms with van der Waals surface area (Å²) < 4.78 is 0. The minimum atomic E-state index is -0.878. The Bertz CT molecular complexity index is 1340. The summed E-state index contributed by atoms with van der Waals surface area (Å²) in [5, 5.41) is 13.3. The molecule has 4 aromatic rings. The maximum atomic E-state index is 13.3. The Morgan fingerprint density at radius 2 is 1.69 bits per heavy atom. The molecule has 0 radical (unpaired) electrons. The molecule has 1 aliphatic heterocycles. The van der Waals surface area contributed by atoms with Gasteiger partial charge in [-0.2, -0.15) is 0 Å². The average Bonchev–Trinajstić information content (AvgIpc) is 3.54. The lowest BCUT2D eigenvalue weighted by Gasteiger charge is -2.27. The molecule has 1 unspecified atom stereocenters. The topological polar surface area (TPSA) is 85.4 Å². The highest BCUT2D eigenvalue weighted by molar-refractivity contribution is 5.89. The Hall–Kier alpha value is -4.06. The van der Waals surface area contributed by atoms with Crippen LogP contribution >= 0.6 is 0 Å². The summed E-state index contributed by atoms with van der Waals surface area (Å²) >= 11 is 0. The Labute approximate surface area is 204 Å². The van der Waals surface area contributed by atoms with E-state index in [0.29, 0.717) is 0 Å². The second-order valence-corrected chi connectivity index (χ2v) is 9.11. The Morgan fingerprint density at radius 3 is 2.46 bits per heavy atom. The van der Waals surface area contributed by atoms with Gasteiger partial charge in [0, 0.05) is 41.4 Å². The highest BCUT2D eigenvalue weighted by Gasteiger charge is 2.23. The first-order valence-electron chi connectivity index (χ1n) is 12.1. The fraction of sp³-hybridized carbons (Fsp3) is 0.241. The predicted octanol–water partition coefficient (Wildman–Crippen LogP) is 4.84. The largest absolute Gasteiger partial charge is 0.481 e. The number of nitrogens with one attached hydrogen (secondary N) is 2. The number of hydrogen-bond donors (Lipinski definition) is 3. The average molecular weight is 468 g/mol. The molecule has 1 atom stereocenters. The summed E-state index contributed by atoms with van der Waals surface area (Å²) in [4.78, 5) is 30.0. The first-order valence-corrected chi connectivity index (χ1v) is 12.1. The highest BCUT2D eigenvalue weighted by Crippen LogP contribution is 2.33. The van der Waals surface area contributed by atoms with Gasteiger partial charge in [0.15, 0.2) is 0 Å². The Balaban J connectivity index is 1.42. The zero-order chi connectivity index (χ0) is 24.2. The lowest BCUT2D eigenvalue weighted by atomic mass is 9.96. The van der Waals surface area contributed by atoms with E-state index in [9.17, 15) is 14.7 Å². The van der Waals surface area contributed by atoms with Crippen LogP contribution in [0.25, 0.3) is 10.9 Å². The molecular weight excluding hydrogens is 438 g/mol. The number of H-pyrrole nitrogens is 1. The van der Waals surface area contributed by atoms with Gasteiger partial charge in [0.1, 0.15) is 0 Å². The molecule has 5 rings (SSSR count). The summed E-state index contributed by atoms with van der Waals surface area (Å²) in [5.74, 6) is -0.957. The maximum absolute atomic E-state index is 13.3. The van der Waals surface area contributed by atoms with Crippen molar-refractivity contribution in [3.8, 4) is 0 Å². The van der Waals surface area contributed by atoms with Gasteiger partial charge in [0.05, 0.1) is 18.9 Å². The van der Waals surface area contributed by atoms with Crippen molar-refractivity contribution < 1.29 is 14.7 Å². The smallest absolute Gasteiger partial charge is 0.307 e. The Morgan fingerprint density at radius 1 is 0.943 bits per heavy atom. The van der Waals surface area contributed by atoms with E-state index in [1.54, 1.807) is 6.20 Å². The van der Waals surface area contributed by atoms with Crippen molar-refractivity contribution in [3.05, 3.63) is 101 Å². The van der Waals surface area contributed by atoms with Gasteiger partial charge in [-0.1, -0.05) is 54.6 Å². The number of nitrogens with zero attached hydrogens (tertiary/aromatic N) is 1. The number of para-hydroxylation sites is 1. The number of rotatable bonds is 8. The molecule has 1 amide bonds. The first kappa shape index (κ1) is 22.7. The molecule has 1 aromatic heterocycles.